The van der Waals surface area contributed by atoms with Crippen LogP contribution in [-0.4, -0.2) is 43.5 Å². The van der Waals surface area contributed by atoms with E-state index in [-0.39, 0.29) is 6.42 Å². The maximum absolute atomic E-state index is 12.0. The summed E-state index contributed by atoms with van der Waals surface area (Å²) in [5.41, 5.74) is -1.33. The van der Waals surface area contributed by atoms with Gasteiger partial charge in [0.1, 0.15) is 5.60 Å². The summed E-state index contributed by atoms with van der Waals surface area (Å²) in [6.45, 7) is 5.16. The Bertz CT molecular complexity index is 490. The molecule has 0 amide bonds. The summed E-state index contributed by atoms with van der Waals surface area (Å²) in [6.07, 6.45) is 14.1. The first-order valence-corrected chi connectivity index (χ1v) is 13.3. The van der Waals surface area contributed by atoms with Crippen LogP contribution in [0.25, 0.3) is 0 Å². The number of unbranched alkanes of at least 4 members (excludes halogenated alkanes) is 12. The summed E-state index contributed by atoms with van der Waals surface area (Å²) >= 11 is 0. The van der Waals surface area contributed by atoms with Crippen molar-refractivity contribution in [2.75, 3.05) is 0 Å². The van der Waals surface area contributed by atoms with Gasteiger partial charge in [0.2, 0.25) is 0 Å². The Hall–Kier alpha value is -0.460. The van der Waals surface area contributed by atoms with Crippen molar-refractivity contribution in [2.45, 2.75) is 135 Å². The molecular formula is C22H45O7P. The van der Waals surface area contributed by atoms with Gasteiger partial charge in [0, 0.05) is 12.8 Å². The van der Waals surface area contributed by atoms with Crippen LogP contribution < -0.4 is 0 Å². The molecule has 0 rings (SSSR count). The second kappa shape index (κ2) is 16.2. The molecule has 0 aliphatic heterocycles. The lowest BCUT2D eigenvalue weighted by atomic mass is 9.98. The number of esters is 1. The van der Waals surface area contributed by atoms with Crippen molar-refractivity contribution in [2.24, 2.45) is 0 Å². The zero-order valence-corrected chi connectivity index (χ0v) is 20.1. The second-order valence-corrected chi connectivity index (χ2v) is 10.7. The molecule has 0 aliphatic carbocycles. The van der Waals surface area contributed by atoms with Gasteiger partial charge in [-0.25, -0.2) is 0 Å². The largest absolute Gasteiger partial charge is 0.457 e. The Morgan fingerprint density at radius 2 is 1.23 bits per heavy atom. The van der Waals surface area contributed by atoms with Crippen molar-refractivity contribution >= 4 is 13.6 Å². The third-order valence-corrected chi connectivity index (χ3v) is 6.47. The van der Waals surface area contributed by atoms with Gasteiger partial charge in [-0.2, -0.15) is 0 Å². The van der Waals surface area contributed by atoms with Gasteiger partial charge in [0.25, 0.3) is 0 Å². The summed E-state index contributed by atoms with van der Waals surface area (Å²) in [7, 11) is -4.70. The van der Waals surface area contributed by atoms with Crippen LogP contribution in [0.2, 0.25) is 0 Å². The minimum atomic E-state index is -4.70. The van der Waals surface area contributed by atoms with E-state index in [9.17, 15) is 19.6 Å². The highest BCUT2D eigenvalue weighted by Gasteiger charge is 2.37. The number of aliphatic hydroxyl groups excluding tert-OH is 2. The summed E-state index contributed by atoms with van der Waals surface area (Å²) in [6, 6.07) is 0. The Morgan fingerprint density at radius 1 is 0.833 bits per heavy atom. The highest BCUT2D eigenvalue weighted by Crippen LogP contribution is 2.42. The molecule has 2 atom stereocenters. The van der Waals surface area contributed by atoms with Gasteiger partial charge in [-0.15, -0.1) is 0 Å². The zero-order chi connectivity index (χ0) is 23.0. The molecule has 0 aromatic carbocycles. The molecule has 0 fully saturated rings. The van der Waals surface area contributed by atoms with Crippen LogP contribution in [-0.2, 0) is 14.1 Å². The molecule has 0 heterocycles. The van der Waals surface area contributed by atoms with E-state index >= 15 is 0 Å². The predicted octanol–water partition coefficient (Wildman–Crippen LogP) is 5.04. The first-order chi connectivity index (χ1) is 14.0. The van der Waals surface area contributed by atoms with Crippen LogP contribution >= 0.6 is 7.60 Å². The molecule has 4 N–H and O–H groups in total. The van der Waals surface area contributed by atoms with Crippen molar-refractivity contribution in [1.82, 2.24) is 0 Å². The number of carbonyl (C=O) groups excluding carboxylic acids is 1. The van der Waals surface area contributed by atoms with Crippen LogP contribution in [0.3, 0.4) is 0 Å². The smallest absolute Gasteiger partial charge is 0.353 e. The average Bonchev–Trinajstić information content (AvgIpc) is 2.64. The highest BCUT2D eigenvalue weighted by atomic mass is 31.2. The molecule has 1 unspecified atom stereocenters. The summed E-state index contributed by atoms with van der Waals surface area (Å²) in [4.78, 5) is 29.8. The predicted molar refractivity (Wildman–Crippen MR) is 119 cm³/mol. The van der Waals surface area contributed by atoms with E-state index in [1.807, 2.05) is 0 Å². The lowest BCUT2D eigenvalue weighted by molar-refractivity contribution is -0.169. The molecule has 0 aliphatic rings. The third kappa shape index (κ3) is 15.4. The van der Waals surface area contributed by atoms with E-state index in [1.54, 1.807) is 0 Å². The van der Waals surface area contributed by atoms with Crippen LogP contribution in [0.15, 0.2) is 0 Å². The van der Waals surface area contributed by atoms with Gasteiger partial charge in [0.05, 0.1) is 6.10 Å². The number of rotatable bonds is 19. The van der Waals surface area contributed by atoms with Gasteiger partial charge in [0.15, 0.2) is 5.85 Å². The van der Waals surface area contributed by atoms with Crippen LogP contribution in [0.1, 0.15) is 117 Å². The molecule has 180 valence electrons. The molecule has 0 aromatic rings. The molecule has 0 bridgehead atoms. The number of hydrogen-bond acceptors (Lipinski definition) is 5. The fourth-order valence-electron chi connectivity index (χ4n) is 3.32. The first kappa shape index (κ1) is 29.5. The van der Waals surface area contributed by atoms with Gasteiger partial charge < -0.3 is 24.7 Å². The highest BCUT2D eigenvalue weighted by molar-refractivity contribution is 7.52. The van der Waals surface area contributed by atoms with Crippen molar-refractivity contribution < 1.29 is 34.1 Å². The SMILES string of the molecule is CCCCCCCCCCCCCCCC(=O)OC(C)(C)[C@@H](O)CC(O)P(=O)(O)O. The number of hydrogen-bond donors (Lipinski definition) is 4. The molecule has 0 aromatic heterocycles. The topological polar surface area (TPSA) is 124 Å². The van der Waals surface area contributed by atoms with E-state index in [1.165, 1.54) is 78.1 Å². The van der Waals surface area contributed by atoms with Gasteiger partial charge >= 0.3 is 13.6 Å². The molecule has 30 heavy (non-hydrogen) atoms. The lowest BCUT2D eigenvalue weighted by Gasteiger charge is -2.31. The molecule has 0 saturated carbocycles. The third-order valence-electron chi connectivity index (χ3n) is 5.49. The number of ether oxygens (including phenoxy) is 1. The Morgan fingerprint density at radius 3 is 1.63 bits per heavy atom. The summed E-state index contributed by atoms with van der Waals surface area (Å²) in [5, 5.41) is 19.5. The Balaban J connectivity index is 3.76. The maximum atomic E-state index is 12.0. The fraction of sp³-hybridized carbons (Fsp3) is 0.955. The lowest BCUT2D eigenvalue weighted by Crippen LogP contribution is -2.42. The van der Waals surface area contributed by atoms with Crippen molar-refractivity contribution in [3.05, 3.63) is 0 Å². The zero-order valence-electron chi connectivity index (χ0n) is 19.2. The average molecular weight is 453 g/mol. The van der Waals surface area contributed by atoms with E-state index in [0.29, 0.717) is 6.42 Å². The monoisotopic (exact) mass is 452 g/mol. The van der Waals surface area contributed by atoms with E-state index in [2.05, 4.69) is 6.92 Å². The van der Waals surface area contributed by atoms with Crippen LogP contribution in [0, 0.1) is 0 Å². The molecular weight excluding hydrogens is 407 g/mol. The normalized spacial score (nSPS) is 14.5. The maximum Gasteiger partial charge on any atom is 0.353 e. The quantitative estimate of drug-likeness (QED) is 0.123. The summed E-state index contributed by atoms with van der Waals surface area (Å²) < 4.78 is 16.3. The van der Waals surface area contributed by atoms with Crippen molar-refractivity contribution in [3.63, 3.8) is 0 Å². The molecule has 0 radical (unpaired) electrons. The molecule has 0 spiro atoms. The molecule has 7 nitrogen and oxygen atoms in total. The standard InChI is InChI=1S/C22H45O7P/c1-4-5-6-7-8-9-10-11-12-13-14-15-16-17-20(24)29-22(2,3)19(23)18-21(25)30(26,27)28/h19,21,23,25H,4-18H2,1-3H3,(H2,26,27,28)/t19-,21?/m0/s1. The van der Waals surface area contributed by atoms with Crippen LogP contribution in [0.4, 0.5) is 0 Å². The second-order valence-electron chi connectivity index (χ2n) is 8.89. The summed E-state index contributed by atoms with van der Waals surface area (Å²) in [5.74, 6) is -2.43. The van der Waals surface area contributed by atoms with E-state index < -0.39 is 37.5 Å². The van der Waals surface area contributed by atoms with Gasteiger partial charge in [-0.3, -0.25) is 9.36 Å². The number of carbonyl (C=O) groups is 1. The Labute approximate surface area is 182 Å². The molecule has 8 heteroatoms. The minimum absolute atomic E-state index is 0.245. The first-order valence-electron chi connectivity index (χ1n) is 11.6. The van der Waals surface area contributed by atoms with Gasteiger partial charge in [-0.1, -0.05) is 84.0 Å². The molecule has 0 saturated heterocycles. The number of aliphatic hydroxyl groups is 2. The van der Waals surface area contributed by atoms with E-state index in [4.69, 9.17) is 14.5 Å². The van der Waals surface area contributed by atoms with Gasteiger partial charge in [-0.05, 0) is 20.3 Å². The van der Waals surface area contributed by atoms with E-state index in [0.717, 1.165) is 12.8 Å². The van der Waals surface area contributed by atoms with Crippen LogP contribution in [0.5, 0.6) is 0 Å². The van der Waals surface area contributed by atoms with Crippen molar-refractivity contribution in [1.29, 1.82) is 0 Å². The Kier molecular flexibility index (Phi) is 16.0. The minimum Gasteiger partial charge on any atom is -0.457 e. The van der Waals surface area contributed by atoms with Crippen molar-refractivity contribution in [3.8, 4) is 0 Å². The fourth-order valence-corrected chi connectivity index (χ4v) is 3.79.